The molecule has 6 nitrogen and oxygen atoms in total. The van der Waals surface area contributed by atoms with Crippen molar-refractivity contribution in [3.8, 4) is 28.6 Å². The average Bonchev–Trinajstić information content (AvgIpc) is 2.88. The Kier molecular flexibility index (Phi) is 4.55. The van der Waals surface area contributed by atoms with Crippen molar-refractivity contribution >= 4 is 6.08 Å². The zero-order valence-corrected chi connectivity index (χ0v) is 15.9. The third-order valence-corrected chi connectivity index (χ3v) is 5.18. The summed E-state index contributed by atoms with van der Waals surface area (Å²) in [6, 6.07) is 8.90. The lowest BCUT2D eigenvalue weighted by Gasteiger charge is -2.14. The molecule has 1 aliphatic rings. The Morgan fingerprint density at radius 1 is 1.14 bits per heavy atom. The Morgan fingerprint density at radius 2 is 1.96 bits per heavy atom. The molecule has 0 spiro atoms. The van der Waals surface area contributed by atoms with Gasteiger partial charge < -0.3 is 10.2 Å². The van der Waals surface area contributed by atoms with E-state index in [-0.39, 0.29) is 23.1 Å². The molecule has 0 bridgehead atoms. The highest BCUT2D eigenvalue weighted by molar-refractivity contribution is 5.69. The van der Waals surface area contributed by atoms with Gasteiger partial charge in [-0.15, -0.1) is 0 Å². The second-order valence-corrected chi connectivity index (χ2v) is 7.45. The van der Waals surface area contributed by atoms with Gasteiger partial charge in [-0.05, 0) is 60.1 Å². The van der Waals surface area contributed by atoms with Crippen molar-refractivity contribution in [3.63, 3.8) is 0 Å². The number of nitrogens with one attached hydrogen (secondary N) is 1. The van der Waals surface area contributed by atoms with Gasteiger partial charge in [0.25, 0.3) is 0 Å². The van der Waals surface area contributed by atoms with Crippen molar-refractivity contribution in [2.75, 3.05) is 0 Å². The predicted molar refractivity (Wildman–Crippen MR) is 109 cm³/mol. The van der Waals surface area contributed by atoms with Gasteiger partial charge in [0.1, 0.15) is 11.5 Å². The van der Waals surface area contributed by atoms with Crippen LogP contribution in [-0.4, -0.2) is 25.0 Å². The highest BCUT2D eigenvalue weighted by atomic mass is 16.3. The molecule has 1 heterocycles. The number of benzene rings is 2. The first-order valence-corrected chi connectivity index (χ1v) is 9.49. The minimum absolute atomic E-state index is 0.0239. The highest BCUT2D eigenvalue weighted by Crippen LogP contribution is 2.37. The van der Waals surface area contributed by atoms with Crippen molar-refractivity contribution < 1.29 is 10.2 Å². The second kappa shape index (κ2) is 7.03. The normalized spacial score (nSPS) is 13.5. The maximum atomic E-state index is 12.5. The van der Waals surface area contributed by atoms with Crippen LogP contribution in [0.25, 0.3) is 23.2 Å². The number of phenolic OH excluding ortho intramolecular Hbond substituents is 2. The van der Waals surface area contributed by atoms with E-state index in [9.17, 15) is 15.0 Å². The van der Waals surface area contributed by atoms with Crippen LogP contribution < -0.4 is 5.69 Å². The summed E-state index contributed by atoms with van der Waals surface area (Å²) in [6.45, 7) is 3.90. The van der Waals surface area contributed by atoms with Crippen molar-refractivity contribution in [2.24, 2.45) is 0 Å². The molecule has 1 aromatic heterocycles. The smallest absolute Gasteiger partial charge is 0.348 e. The van der Waals surface area contributed by atoms with Gasteiger partial charge in [0.15, 0.2) is 5.82 Å². The Hall–Kier alpha value is -3.28. The Morgan fingerprint density at radius 3 is 2.75 bits per heavy atom. The number of rotatable bonds is 3. The molecule has 0 fully saturated rings. The van der Waals surface area contributed by atoms with Crippen molar-refractivity contribution in [2.45, 2.75) is 39.0 Å². The van der Waals surface area contributed by atoms with Crippen LogP contribution in [0.2, 0.25) is 0 Å². The summed E-state index contributed by atoms with van der Waals surface area (Å²) in [5.41, 5.74) is 3.71. The fourth-order valence-electron chi connectivity index (χ4n) is 3.68. The maximum absolute atomic E-state index is 12.5. The first kappa shape index (κ1) is 18.1. The van der Waals surface area contributed by atoms with Gasteiger partial charge in [-0.25, -0.2) is 14.5 Å². The molecule has 4 rings (SSSR count). The predicted octanol–water partition coefficient (Wildman–Crippen LogP) is 4.11. The minimum atomic E-state index is -0.383. The molecule has 28 heavy (non-hydrogen) atoms. The third-order valence-electron chi connectivity index (χ3n) is 5.18. The van der Waals surface area contributed by atoms with E-state index in [1.807, 2.05) is 32.0 Å². The van der Waals surface area contributed by atoms with E-state index in [1.165, 1.54) is 16.2 Å². The molecule has 0 aliphatic heterocycles. The lowest BCUT2D eigenvalue weighted by Crippen LogP contribution is -2.16. The summed E-state index contributed by atoms with van der Waals surface area (Å²) in [5, 5.41) is 27.2. The molecule has 6 heteroatoms. The monoisotopic (exact) mass is 377 g/mol. The number of aromatic nitrogens is 3. The largest absolute Gasteiger partial charge is 0.508 e. The van der Waals surface area contributed by atoms with Crippen molar-refractivity contribution in [1.82, 2.24) is 14.8 Å². The molecule has 0 saturated carbocycles. The van der Waals surface area contributed by atoms with Crippen LogP contribution >= 0.6 is 0 Å². The number of hydrogen-bond donors (Lipinski definition) is 3. The van der Waals surface area contributed by atoms with E-state index < -0.39 is 0 Å². The van der Waals surface area contributed by atoms with E-state index in [2.05, 4.69) is 22.3 Å². The molecule has 3 N–H and O–H groups in total. The molecule has 0 radical (unpaired) electrons. The molecule has 0 unspecified atom stereocenters. The number of H-pyrrole nitrogens is 1. The number of hydrogen-bond acceptors (Lipinski definition) is 4. The summed E-state index contributed by atoms with van der Waals surface area (Å²) in [7, 11) is 0. The Bertz CT molecular complexity index is 1120. The topological polar surface area (TPSA) is 91.1 Å². The Labute approximate surface area is 162 Å². The van der Waals surface area contributed by atoms with Gasteiger partial charge in [-0.1, -0.05) is 32.1 Å². The fourth-order valence-corrected chi connectivity index (χ4v) is 3.68. The van der Waals surface area contributed by atoms with Gasteiger partial charge in [0.2, 0.25) is 0 Å². The SMILES string of the molecule is CC(C)c1cc(-c2n[nH]c(=O)n2-c2ccc3c(c2)C=CCCC3)c(O)cc1O. The number of phenols is 2. The molecule has 3 aromatic rings. The number of fused-ring (bicyclic) bond motifs is 1. The zero-order chi connectivity index (χ0) is 19.8. The summed E-state index contributed by atoms with van der Waals surface area (Å²) in [5.74, 6) is 0.255. The van der Waals surface area contributed by atoms with Crippen LogP contribution in [0.15, 0.2) is 41.2 Å². The number of aromatic amines is 1. The molecule has 0 saturated heterocycles. The van der Waals surface area contributed by atoms with Crippen LogP contribution in [-0.2, 0) is 6.42 Å². The van der Waals surface area contributed by atoms with E-state index in [0.29, 0.717) is 22.6 Å². The number of aromatic hydroxyl groups is 2. The molecule has 0 amide bonds. The van der Waals surface area contributed by atoms with Crippen LogP contribution in [0.3, 0.4) is 0 Å². The number of nitrogens with zero attached hydrogens (tertiary/aromatic N) is 2. The van der Waals surface area contributed by atoms with E-state index in [1.54, 1.807) is 6.07 Å². The molecule has 2 aromatic carbocycles. The lowest BCUT2D eigenvalue weighted by atomic mass is 9.98. The fraction of sp³-hybridized carbons (Fsp3) is 0.273. The van der Waals surface area contributed by atoms with Crippen molar-refractivity contribution in [1.29, 1.82) is 0 Å². The van der Waals surface area contributed by atoms with Gasteiger partial charge in [-0.2, -0.15) is 5.10 Å². The average molecular weight is 377 g/mol. The third kappa shape index (κ3) is 3.11. The summed E-state index contributed by atoms with van der Waals surface area (Å²) in [6.07, 6.45) is 7.40. The molecular weight excluding hydrogens is 354 g/mol. The summed E-state index contributed by atoms with van der Waals surface area (Å²) >= 11 is 0. The summed E-state index contributed by atoms with van der Waals surface area (Å²) in [4.78, 5) is 12.5. The molecular formula is C22H23N3O3. The number of allylic oxidation sites excluding steroid dienone is 1. The van der Waals surface area contributed by atoms with Gasteiger partial charge in [0, 0.05) is 6.07 Å². The van der Waals surface area contributed by atoms with Gasteiger partial charge in [-0.3, -0.25) is 0 Å². The van der Waals surface area contributed by atoms with Crippen LogP contribution in [0.1, 0.15) is 49.3 Å². The van der Waals surface area contributed by atoms with Crippen molar-refractivity contribution in [3.05, 3.63) is 63.6 Å². The molecule has 1 aliphatic carbocycles. The lowest BCUT2D eigenvalue weighted by molar-refractivity contribution is 0.444. The van der Waals surface area contributed by atoms with Gasteiger partial charge in [0.05, 0.1) is 11.3 Å². The van der Waals surface area contributed by atoms with E-state index in [0.717, 1.165) is 24.8 Å². The first-order valence-electron chi connectivity index (χ1n) is 9.49. The second-order valence-electron chi connectivity index (χ2n) is 7.45. The Balaban J connectivity index is 1.89. The van der Waals surface area contributed by atoms with E-state index in [4.69, 9.17) is 0 Å². The van der Waals surface area contributed by atoms with Crippen LogP contribution in [0.5, 0.6) is 11.5 Å². The van der Waals surface area contributed by atoms with E-state index >= 15 is 0 Å². The maximum Gasteiger partial charge on any atom is 0.348 e. The number of aryl methyl sites for hydroxylation is 1. The quantitative estimate of drug-likeness (QED) is 0.640. The highest BCUT2D eigenvalue weighted by Gasteiger charge is 2.20. The molecule has 0 atom stereocenters. The zero-order valence-electron chi connectivity index (χ0n) is 15.9. The molecule has 144 valence electrons. The van der Waals surface area contributed by atoms with Crippen LogP contribution in [0.4, 0.5) is 0 Å². The summed E-state index contributed by atoms with van der Waals surface area (Å²) < 4.78 is 1.45. The first-order chi connectivity index (χ1) is 13.5. The minimum Gasteiger partial charge on any atom is -0.508 e. The standard InChI is InChI=1S/C22H23N3O3/c1-13(2)17-11-18(20(27)12-19(17)26)21-23-24-22(28)25(21)16-9-8-14-6-4-3-5-7-15(14)10-16/h5,7-13,26-27H,3-4,6H2,1-2H3,(H,24,28). The van der Waals surface area contributed by atoms with Crippen LogP contribution in [0, 0.1) is 0 Å². The van der Waals surface area contributed by atoms with Gasteiger partial charge >= 0.3 is 5.69 Å².